The van der Waals surface area contributed by atoms with Crippen LogP contribution in [0.25, 0.3) is 10.7 Å². The first kappa shape index (κ1) is 14.6. The van der Waals surface area contributed by atoms with Gasteiger partial charge in [-0.1, -0.05) is 42.2 Å². The first-order valence-electron chi connectivity index (χ1n) is 7.10. The summed E-state index contributed by atoms with van der Waals surface area (Å²) in [6.07, 6.45) is 4.82. The topological polar surface area (TPSA) is 38.1 Å². The van der Waals surface area contributed by atoms with E-state index in [4.69, 9.17) is 5.11 Å². The number of benzene rings is 1. The van der Waals surface area contributed by atoms with Crippen molar-refractivity contribution in [2.24, 2.45) is 0 Å². The van der Waals surface area contributed by atoms with E-state index in [-0.39, 0.29) is 6.61 Å². The zero-order valence-electron chi connectivity index (χ0n) is 12.1. The maximum atomic E-state index is 8.75. The van der Waals surface area contributed by atoms with E-state index < -0.39 is 0 Å². The van der Waals surface area contributed by atoms with Crippen molar-refractivity contribution in [2.45, 2.75) is 13.0 Å². The van der Waals surface area contributed by atoms with Crippen LogP contribution < -0.4 is 0 Å². The molecule has 0 spiro atoms. The molecule has 4 heteroatoms. The standard InChI is InChI=1S/C18H16N2OS/c21-12-4-7-16-13-17(22-14-16)18-19-9-11-20(18)10-8-15-5-2-1-3-6-15/h1-3,5-6,9,11,13-14,21H,8,10,12H2. The van der Waals surface area contributed by atoms with E-state index >= 15 is 0 Å². The van der Waals surface area contributed by atoms with Gasteiger partial charge in [-0.2, -0.15) is 0 Å². The molecule has 1 N–H and O–H groups in total. The summed E-state index contributed by atoms with van der Waals surface area (Å²) in [6.45, 7) is 0.784. The first-order chi connectivity index (χ1) is 10.9. The van der Waals surface area contributed by atoms with Crippen LogP contribution in [0.15, 0.2) is 54.2 Å². The Bertz CT molecular complexity index is 793. The third kappa shape index (κ3) is 3.45. The highest BCUT2D eigenvalue weighted by Gasteiger charge is 2.08. The number of imidazole rings is 1. The van der Waals surface area contributed by atoms with Gasteiger partial charge >= 0.3 is 0 Å². The third-order valence-corrected chi connectivity index (χ3v) is 4.26. The van der Waals surface area contributed by atoms with Crippen LogP contribution in [0.4, 0.5) is 0 Å². The van der Waals surface area contributed by atoms with E-state index in [0.717, 1.165) is 29.2 Å². The highest BCUT2D eigenvalue weighted by molar-refractivity contribution is 7.13. The predicted octanol–water partition coefficient (Wildman–Crippen LogP) is 3.20. The lowest BCUT2D eigenvalue weighted by molar-refractivity contribution is 0.350. The number of aromatic nitrogens is 2. The molecule has 0 aliphatic carbocycles. The van der Waals surface area contributed by atoms with E-state index in [1.54, 1.807) is 11.3 Å². The molecule has 0 aliphatic rings. The van der Waals surface area contributed by atoms with Crippen LogP contribution in [0.5, 0.6) is 0 Å². The second kappa shape index (κ2) is 7.08. The normalized spacial score (nSPS) is 10.2. The van der Waals surface area contributed by atoms with Crippen molar-refractivity contribution in [1.29, 1.82) is 0 Å². The van der Waals surface area contributed by atoms with Gasteiger partial charge in [0.25, 0.3) is 0 Å². The van der Waals surface area contributed by atoms with Crippen molar-refractivity contribution in [2.75, 3.05) is 6.61 Å². The van der Waals surface area contributed by atoms with Crippen LogP contribution in [0, 0.1) is 11.8 Å². The minimum absolute atomic E-state index is 0.114. The molecular weight excluding hydrogens is 292 g/mol. The molecule has 22 heavy (non-hydrogen) atoms. The lowest BCUT2D eigenvalue weighted by Gasteiger charge is -2.06. The molecule has 0 unspecified atom stereocenters. The van der Waals surface area contributed by atoms with Crippen molar-refractivity contribution < 1.29 is 5.11 Å². The van der Waals surface area contributed by atoms with Crippen molar-refractivity contribution in [3.05, 3.63) is 65.3 Å². The Morgan fingerprint density at radius 3 is 2.91 bits per heavy atom. The van der Waals surface area contributed by atoms with Gasteiger partial charge in [-0.3, -0.25) is 0 Å². The second-order valence-corrected chi connectivity index (χ2v) is 5.75. The minimum atomic E-state index is -0.114. The van der Waals surface area contributed by atoms with Crippen molar-refractivity contribution in [1.82, 2.24) is 9.55 Å². The van der Waals surface area contributed by atoms with Crippen LogP contribution in [0.3, 0.4) is 0 Å². The molecule has 0 aliphatic heterocycles. The SMILES string of the molecule is OCC#Cc1csc(-c2nccn2CCc2ccccc2)c1. The predicted molar refractivity (Wildman–Crippen MR) is 89.6 cm³/mol. The summed E-state index contributed by atoms with van der Waals surface area (Å²) in [5, 5.41) is 10.7. The summed E-state index contributed by atoms with van der Waals surface area (Å²) in [5.41, 5.74) is 2.24. The fourth-order valence-corrected chi connectivity index (χ4v) is 3.12. The summed E-state index contributed by atoms with van der Waals surface area (Å²) in [6, 6.07) is 12.5. The maximum Gasteiger partial charge on any atom is 0.150 e. The zero-order chi connectivity index (χ0) is 15.2. The molecule has 3 rings (SSSR count). The number of rotatable bonds is 4. The quantitative estimate of drug-likeness (QED) is 0.752. The van der Waals surface area contributed by atoms with Gasteiger partial charge in [0, 0.05) is 29.9 Å². The van der Waals surface area contributed by atoms with Gasteiger partial charge in [-0.05, 0) is 18.1 Å². The van der Waals surface area contributed by atoms with Gasteiger partial charge in [-0.25, -0.2) is 4.98 Å². The summed E-state index contributed by atoms with van der Waals surface area (Å²) >= 11 is 1.63. The molecule has 110 valence electrons. The Hall–Kier alpha value is -2.35. The van der Waals surface area contributed by atoms with Crippen LogP contribution in [0.1, 0.15) is 11.1 Å². The van der Waals surface area contributed by atoms with Crippen molar-refractivity contribution >= 4 is 11.3 Å². The molecule has 0 bridgehead atoms. The number of nitrogens with zero attached hydrogens (tertiary/aromatic N) is 2. The molecular formula is C18H16N2OS. The average molecular weight is 308 g/mol. The molecule has 0 atom stereocenters. The molecule has 0 radical (unpaired) electrons. The number of hydrogen-bond acceptors (Lipinski definition) is 3. The first-order valence-corrected chi connectivity index (χ1v) is 7.98. The number of thiophene rings is 1. The zero-order valence-corrected chi connectivity index (χ0v) is 12.9. The molecule has 0 fully saturated rings. The van der Waals surface area contributed by atoms with Crippen LogP contribution >= 0.6 is 11.3 Å². The van der Waals surface area contributed by atoms with Gasteiger partial charge in [0.2, 0.25) is 0 Å². The fraction of sp³-hybridized carbons (Fsp3) is 0.167. The maximum absolute atomic E-state index is 8.75. The van der Waals surface area contributed by atoms with Gasteiger partial charge in [0.1, 0.15) is 12.4 Å². The van der Waals surface area contributed by atoms with E-state index in [2.05, 4.69) is 45.7 Å². The van der Waals surface area contributed by atoms with Crippen LogP contribution in [-0.4, -0.2) is 21.3 Å². The third-order valence-electron chi connectivity index (χ3n) is 3.33. The Balaban J connectivity index is 1.76. The van der Waals surface area contributed by atoms with Crippen molar-refractivity contribution in [3.8, 4) is 22.5 Å². The van der Waals surface area contributed by atoms with Gasteiger partial charge in [-0.15, -0.1) is 11.3 Å². The number of aliphatic hydroxyl groups is 1. The van der Waals surface area contributed by atoms with Crippen LogP contribution in [-0.2, 0) is 13.0 Å². The summed E-state index contributed by atoms with van der Waals surface area (Å²) < 4.78 is 2.17. The van der Waals surface area contributed by atoms with Crippen molar-refractivity contribution in [3.63, 3.8) is 0 Å². The van der Waals surface area contributed by atoms with E-state index in [9.17, 15) is 0 Å². The summed E-state index contributed by atoms with van der Waals surface area (Å²) in [4.78, 5) is 5.57. The van der Waals surface area contributed by atoms with Gasteiger partial charge in [0.15, 0.2) is 0 Å². The largest absolute Gasteiger partial charge is 0.384 e. The molecule has 0 saturated carbocycles. The smallest absolute Gasteiger partial charge is 0.150 e. The molecule has 3 nitrogen and oxygen atoms in total. The Morgan fingerprint density at radius 2 is 2.09 bits per heavy atom. The fourth-order valence-electron chi connectivity index (χ4n) is 2.27. The second-order valence-electron chi connectivity index (χ2n) is 4.84. The number of aliphatic hydroxyl groups excluding tert-OH is 1. The average Bonchev–Trinajstić information content (AvgIpc) is 3.20. The van der Waals surface area contributed by atoms with Gasteiger partial charge < -0.3 is 9.67 Å². The Labute approximate surface area is 133 Å². The molecule has 0 saturated heterocycles. The number of aryl methyl sites for hydroxylation is 2. The van der Waals surface area contributed by atoms with Gasteiger partial charge in [0.05, 0.1) is 4.88 Å². The highest BCUT2D eigenvalue weighted by atomic mass is 32.1. The monoisotopic (exact) mass is 308 g/mol. The minimum Gasteiger partial charge on any atom is -0.384 e. The Kier molecular flexibility index (Phi) is 4.69. The van der Waals surface area contributed by atoms with E-state index in [1.807, 2.05) is 29.9 Å². The highest BCUT2D eigenvalue weighted by Crippen LogP contribution is 2.25. The van der Waals surface area contributed by atoms with E-state index in [1.165, 1.54) is 5.56 Å². The molecule has 3 aromatic rings. The molecule has 2 aromatic heterocycles. The Morgan fingerprint density at radius 1 is 1.23 bits per heavy atom. The summed E-state index contributed by atoms with van der Waals surface area (Å²) in [7, 11) is 0. The van der Waals surface area contributed by atoms with E-state index in [0.29, 0.717) is 0 Å². The number of hydrogen-bond donors (Lipinski definition) is 1. The summed E-state index contributed by atoms with van der Waals surface area (Å²) in [5.74, 6) is 6.57. The lowest BCUT2D eigenvalue weighted by atomic mass is 10.1. The molecule has 1 aromatic carbocycles. The lowest BCUT2D eigenvalue weighted by Crippen LogP contribution is -2.01. The van der Waals surface area contributed by atoms with Crippen LogP contribution in [0.2, 0.25) is 0 Å². The molecule has 0 amide bonds. The molecule has 2 heterocycles.